The first kappa shape index (κ1) is 20.4. The number of fused-ring (bicyclic) bond motifs is 1. The Kier molecular flexibility index (Phi) is 5.18. The van der Waals surface area contributed by atoms with E-state index in [1.54, 1.807) is 28.0 Å². The van der Waals surface area contributed by atoms with E-state index in [4.69, 9.17) is 9.72 Å². The van der Waals surface area contributed by atoms with Gasteiger partial charge in [0.1, 0.15) is 16.8 Å². The highest BCUT2D eigenvalue weighted by Crippen LogP contribution is 2.41. The summed E-state index contributed by atoms with van der Waals surface area (Å²) in [5.74, 6) is 1.24. The minimum Gasteiger partial charge on any atom is -0.497 e. The first-order valence-electron chi connectivity index (χ1n) is 10.8. The standard InChI is InChI=1S/C22H27N5O3S/c1-12(2)20(27-11-17(24-25-27)13-4-5-13)22(29)26-10-14(28)8-18(26)21-23-16-9-15(30-3)6-7-19(16)31-21/h6-7,9,11-14,18,20,28H,4-5,8,10H2,1-3H3. The number of carbonyl (C=O) groups excluding carboxylic acids is 1. The number of methoxy groups -OCH3 is 1. The van der Waals surface area contributed by atoms with Crippen molar-refractivity contribution in [1.82, 2.24) is 24.9 Å². The van der Waals surface area contributed by atoms with Crippen molar-refractivity contribution in [3.8, 4) is 5.75 Å². The summed E-state index contributed by atoms with van der Waals surface area (Å²) in [6, 6.07) is 5.09. The molecular formula is C22H27N5O3S. The zero-order valence-corrected chi connectivity index (χ0v) is 18.7. The van der Waals surface area contributed by atoms with Crippen molar-refractivity contribution in [1.29, 1.82) is 0 Å². The van der Waals surface area contributed by atoms with Crippen LogP contribution in [0.1, 0.15) is 61.8 Å². The van der Waals surface area contributed by atoms with Crippen LogP contribution in [0.25, 0.3) is 10.2 Å². The third-order valence-electron chi connectivity index (χ3n) is 6.15. The average molecular weight is 442 g/mol. The van der Waals surface area contributed by atoms with Gasteiger partial charge in [0.05, 0.1) is 35.2 Å². The van der Waals surface area contributed by atoms with Crippen LogP contribution < -0.4 is 4.74 Å². The van der Waals surface area contributed by atoms with E-state index in [-0.39, 0.29) is 17.9 Å². The molecule has 2 aromatic heterocycles. The highest BCUT2D eigenvalue weighted by Gasteiger charge is 2.41. The van der Waals surface area contributed by atoms with E-state index in [0.717, 1.165) is 39.5 Å². The first-order chi connectivity index (χ1) is 14.9. The Morgan fingerprint density at radius 2 is 2.13 bits per heavy atom. The lowest BCUT2D eigenvalue weighted by Crippen LogP contribution is -2.40. The molecule has 31 heavy (non-hydrogen) atoms. The molecule has 2 aliphatic rings. The summed E-state index contributed by atoms with van der Waals surface area (Å²) in [6.07, 6.45) is 4.12. The normalized spacial score (nSPS) is 22.4. The fourth-order valence-corrected chi connectivity index (χ4v) is 5.43. The van der Waals surface area contributed by atoms with Gasteiger partial charge in [0.15, 0.2) is 0 Å². The van der Waals surface area contributed by atoms with Crippen molar-refractivity contribution >= 4 is 27.5 Å². The number of aromatic nitrogens is 4. The van der Waals surface area contributed by atoms with E-state index in [1.165, 1.54) is 0 Å². The Labute approximate surface area is 184 Å². The van der Waals surface area contributed by atoms with Gasteiger partial charge in [-0.25, -0.2) is 9.67 Å². The summed E-state index contributed by atoms with van der Waals surface area (Å²) < 4.78 is 8.06. The predicted octanol–water partition coefficient (Wildman–Crippen LogP) is 3.31. The zero-order chi connectivity index (χ0) is 21.7. The van der Waals surface area contributed by atoms with E-state index >= 15 is 0 Å². The Hall–Kier alpha value is -2.52. The average Bonchev–Trinajstić information content (AvgIpc) is 3.15. The van der Waals surface area contributed by atoms with Crippen molar-refractivity contribution < 1.29 is 14.6 Å². The van der Waals surface area contributed by atoms with Crippen LogP contribution in [-0.4, -0.2) is 55.6 Å². The maximum atomic E-state index is 13.7. The predicted molar refractivity (Wildman–Crippen MR) is 117 cm³/mol. The largest absolute Gasteiger partial charge is 0.497 e. The fourth-order valence-electron chi connectivity index (χ4n) is 4.35. The number of aliphatic hydroxyl groups excluding tert-OH is 1. The van der Waals surface area contributed by atoms with Gasteiger partial charge in [0.2, 0.25) is 5.91 Å². The van der Waals surface area contributed by atoms with Crippen LogP contribution >= 0.6 is 11.3 Å². The van der Waals surface area contributed by atoms with Crippen LogP contribution in [0.15, 0.2) is 24.4 Å². The molecule has 2 fully saturated rings. The van der Waals surface area contributed by atoms with Gasteiger partial charge in [-0.1, -0.05) is 19.1 Å². The number of β-amino-alcohol motifs (C(OH)–C–C–N with tert-alkyl or cyclic N) is 1. The molecule has 1 amide bonds. The molecule has 5 rings (SSSR count). The molecule has 3 aromatic rings. The van der Waals surface area contributed by atoms with Gasteiger partial charge < -0.3 is 14.7 Å². The number of carbonyl (C=O) groups is 1. The summed E-state index contributed by atoms with van der Waals surface area (Å²) in [5, 5.41) is 19.9. The quantitative estimate of drug-likeness (QED) is 0.631. The molecule has 164 valence electrons. The van der Waals surface area contributed by atoms with E-state index in [1.807, 2.05) is 38.2 Å². The summed E-state index contributed by atoms with van der Waals surface area (Å²) in [5.41, 5.74) is 1.82. The molecule has 1 aliphatic heterocycles. The van der Waals surface area contributed by atoms with Gasteiger partial charge in [-0.05, 0) is 30.9 Å². The molecule has 3 heterocycles. The van der Waals surface area contributed by atoms with E-state index in [9.17, 15) is 9.90 Å². The van der Waals surface area contributed by atoms with Crippen molar-refractivity contribution in [2.75, 3.05) is 13.7 Å². The van der Waals surface area contributed by atoms with Crippen LogP contribution in [0.5, 0.6) is 5.75 Å². The number of nitrogens with zero attached hydrogens (tertiary/aromatic N) is 5. The molecule has 1 saturated carbocycles. The van der Waals surface area contributed by atoms with Crippen molar-refractivity contribution in [3.63, 3.8) is 0 Å². The number of rotatable bonds is 6. The molecule has 0 bridgehead atoms. The topological polar surface area (TPSA) is 93.4 Å². The molecule has 8 nitrogen and oxygen atoms in total. The number of hydrogen-bond acceptors (Lipinski definition) is 7. The molecule has 3 unspecified atom stereocenters. The second-order valence-electron chi connectivity index (χ2n) is 8.87. The number of hydrogen-bond donors (Lipinski definition) is 1. The van der Waals surface area contributed by atoms with Gasteiger partial charge >= 0.3 is 0 Å². The lowest BCUT2D eigenvalue weighted by molar-refractivity contribution is -0.137. The number of ether oxygens (including phenoxy) is 1. The van der Waals surface area contributed by atoms with Crippen LogP contribution in [0.2, 0.25) is 0 Å². The molecule has 1 aliphatic carbocycles. The molecule has 1 aromatic carbocycles. The Morgan fingerprint density at radius 1 is 1.32 bits per heavy atom. The third kappa shape index (κ3) is 3.80. The Bertz CT molecular complexity index is 1110. The molecule has 1 saturated heterocycles. The zero-order valence-electron chi connectivity index (χ0n) is 17.9. The maximum absolute atomic E-state index is 13.7. The maximum Gasteiger partial charge on any atom is 0.248 e. The van der Waals surface area contributed by atoms with Crippen molar-refractivity contribution in [3.05, 3.63) is 35.1 Å². The van der Waals surface area contributed by atoms with E-state index in [0.29, 0.717) is 18.9 Å². The minimum absolute atomic E-state index is 0.0410. The van der Waals surface area contributed by atoms with Crippen LogP contribution in [0, 0.1) is 5.92 Å². The monoisotopic (exact) mass is 441 g/mol. The van der Waals surface area contributed by atoms with Crippen molar-refractivity contribution in [2.24, 2.45) is 5.92 Å². The summed E-state index contributed by atoms with van der Waals surface area (Å²) in [6.45, 7) is 4.34. The number of likely N-dealkylation sites (tertiary alicyclic amines) is 1. The summed E-state index contributed by atoms with van der Waals surface area (Å²) in [7, 11) is 1.63. The van der Waals surface area contributed by atoms with Crippen LogP contribution in [0.3, 0.4) is 0 Å². The van der Waals surface area contributed by atoms with Crippen LogP contribution in [-0.2, 0) is 4.79 Å². The first-order valence-corrected chi connectivity index (χ1v) is 11.6. The Morgan fingerprint density at radius 3 is 2.84 bits per heavy atom. The number of thiazole rings is 1. The third-order valence-corrected chi connectivity index (χ3v) is 7.29. The van der Waals surface area contributed by atoms with Crippen molar-refractivity contribution in [2.45, 2.75) is 57.2 Å². The number of benzene rings is 1. The molecule has 9 heteroatoms. The minimum atomic E-state index is -0.568. The highest BCUT2D eigenvalue weighted by molar-refractivity contribution is 7.18. The molecule has 3 atom stereocenters. The number of amides is 1. The Balaban J connectivity index is 1.45. The molecular weight excluding hydrogens is 414 g/mol. The van der Waals surface area contributed by atoms with Gasteiger partial charge in [0.25, 0.3) is 0 Å². The SMILES string of the molecule is COc1ccc2sc(C3CC(O)CN3C(=O)C(C(C)C)n3cc(C4CC4)nn3)nc2c1. The summed E-state index contributed by atoms with van der Waals surface area (Å²) in [4.78, 5) is 20.3. The van der Waals surface area contributed by atoms with Gasteiger partial charge in [-0.15, -0.1) is 16.4 Å². The molecule has 0 spiro atoms. The van der Waals surface area contributed by atoms with Gasteiger partial charge in [0, 0.05) is 31.1 Å². The molecule has 1 N–H and O–H groups in total. The highest BCUT2D eigenvalue weighted by atomic mass is 32.1. The van der Waals surface area contributed by atoms with Gasteiger partial charge in [-0.2, -0.15) is 0 Å². The number of aliphatic hydroxyl groups is 1. The second-order valence-corrected chi connectivity index (χ2v) is 9.93. The lowest BCUT2D eigenvalue weighted by Gasteiger charge is -2.29. The van der Waals surface area contributed by atoms with Gasteiger partial charge in [-0.3, -0.25) is 4.79 Å². The lowest BCUT2D eigenvalue weighted by atomic mass is 10.0. The fraction of sp³-hybridized carbons (Fsp3) is 0.545. The summed E-state index contributed by atoms with van der Waals surface area (Å²) >= 11 is 1.56. The molecule has 0 radical (unpaired) electrons. The van der Waals surface area contributed by atoms with E-state index < -0.39 is 12.1 Å². The van der Waals surface area contributed by atoms with E-state index in [2.05, 4.69) is 10.3 Å². The van der Waals surface area contributed by atoms with Crippen LogP contribution in [0.4, 0.5) is 0 Å². The second kappa shape index (κ2) is 7.87. The smallest absolute Gasteiger partial charge is 0.248 e.